The molecular weight excluding hydrogens is 532 g/mol. The van der Waals surface area contributed by atoms with Crippen molar-refractivity contribution in [3.05, 3.63) is 158 Å². The molecule has 0 unspecified atom stereocenters. The third kappa shape index (κ3) is 3.20. The van der Waals surface area contributed by atoms with E-state index in [-0.39, 0.29) is 0 Å². The number of benzene rings is 8. The summed E-state index contributed by atoms with van der Waals surface area (Å²) in [5, 5.41) is 12.6. The summed E-state index contributed by atoms with van der Waals surface area (Å²) in [7, 11) is 0. The van der Waals surface area contributed by atoms with Crippen molar-refractivity contribution in [2.75, 3.05) is 0 Å². The summed E-state index contributed by atoms with van der Waals surface area (Å²) in [6.07, 6.45) is 0. The molecule has 0 aliphatic rings. The highest BCUT2D eigenvalue weighted by molar-refractivity contribution is 6.20. The minimum atomic E-state index is 1.18. The van der Waals surface area contributed by atoms with Gasteiger partial charge in [0.05, 0.1) is 22.1 Å². The van der Waals surface area contributed by atoms with Gasteiger partial charge in [-0.2, -0.15) is 0 Å². The zero-order valence-electron chi connectivity index (χ0n) is 23.9. The van der Waals surface area contributed by atoms with Gasteiger partial charge in [0.1, 0.15) is 0 Å². The van der Waals surface area contributed by atoms with E-state index in [2.05, 4.69) is 167 Å². The van der Waals surface area contributed by atoms with E-state index < -0.39 is 0 Å². The lowest BCUT2D eigenvalue weighted by molar-refractivity contribution is 1.18. The summed E-state index contributed by atoms with van der Waals surface area (Å²) >= 11 is 0. The van der Waals surface area contributed by atoms with Crippen molar-refractivity contribution in [2.24, 2.45) is 0 Å². The SMILES string of the molecule is c1ccc2c(c1)ccc1c3ccccc3n(-c3ccc4cc(-n5c6ccccc6c6ccc7ccccc7c65)ccc4c3)c21. The Morgan fingerprint density at radius 2 is 0.659 bits per heavy atom. The van der Waals surface area contributed by atoms with E-state index in [1.54, 1.807) is 0 Å². The second-order valence-corrected chi connectivity index (χ2v) is 11.8. The maximum Gasteiger partial charge on any atom is 0.0619 e. The molecule has 0 aliphatic heterocycles. The summed E-state index contributed by atoms with van der Waals surface area (Å²) in [5.74, 6) is 0. The molecule has 0 atom stereocenters. The maximum absolute atomic E-state index is 2.44. The lowest BCUT2D eigenvalue weighted by atomic mass is 10.1. The van der Waals surface area contributed by atoms with Gasteiger partial charge in [0, 0.05) is 43.7 Å². The molecule has 0 N–H and O–H groups in total. The molecule has 2 aromatic heterocycles. The van der Waals surface area contributed by atoms with Crippen LogP contribution in [0.1, 0.15) is 0 Å². The van der Waals surface area contributed by atoms with Crippen LogP contribution in [0, 0.1) is 0 Å². The molecule has 0 spiro atoms. The van der Waals surface area contributed by atoms with Gasteiger partial charge >= 0.3 is 0 Å². The van der Waals surface area contributed by atoms with Crippen molar-refractivity contribution in [3.8, 4) is 11.4 Å². The van der Waals surface area contributed by atoms with Gasteiger partial charge in [-0.3, -0.25) is 0 Å². The van der Waals surface area contributed by atoms with Crippen LogP contribution in [0.15, 0.2) is 158 Å². The predicted octanol–water partition coefficient (Wildman–Crippen LogP) is 11.3. The van der Waals surface area contributed by atoms with Crippen molar-refractivity contribution in [1.29, 1.82) is 0 Å². The highest BCUT2D eigenvalue weighted by Crippen LogP contribution is 2.39. The van der Waals surface area contributed by atoms with E-state index in [4.69, 9.17) is 0 Å². The van der Waals surface area contributed by atoms with Gasteiger partial charge in [-0.1, -0.05) is 121 Å². The highest BCUT2D eigenvalue weighted by atomic mass is 15.0. The molecule has 8 aromatic carbocycles. The average Bonchev–Trinajstić information content (AvgIpc) is 3.61. The van der Waals surface area contributed by atoms with Crippen LogP contribution in [-0.2, 0) is 0 Å². The summed E-state index contributed by atoms with van der Waals surface area (Å²) < 4.78 is 4.89. The Morgan fingerprint density at radius 3 is 1.14 bits per heavy atom. The van der Waals surface area contributed by atoms with Crippen molar-refractivity contribution in [1.82, 2.24) is 9.13 Å². The fourth-order valence-corrected chi connectivity index (χ4v) is 7.50. The normalized spacial score (nSPS) is 12.1. The molecule has 0 aliphatic carbocycles. The van der Waals surface area contributed by atoms with Crippen LogP contribution in [0.5, 0.6) is 0 Å². The third-order valence-corrected chi connectivity index (χ3v) is 9.44. The van der Waals surface area contributed by atoms with E-state index in [0.29, 0.717) is 0 Å². The molecule has 204 valence electrons. The van der Waals surface area contributed by atoms with Gasteiger partial charge < -0.3 is 9.13 Å². The molecule has 0 radical (unpaired) electrons. The van der Waals surface area contributed by atoms with Gasteiger partial charge in [-0.25, -0.2) is 0 Å². The smallest absolute Gasteiger partial charge is 0.0619 e. The van der Waals surface area contributed by atoms with Crippen LogP contribution in [0.2, 0.25) is 0 Å². The number of hydrogen-bond donors (Lipinski definition) is 0. The molecule has 2 heterocycles. The Balaban J connectivity index is 1.23. The average molecular weight is 559 g/mol. The van der Waals surface area contributed by atoms with Crippen molar-refractivity contribution >= 4 is 75.9 Å². The van der Waals surface area contributed by atoms with Crippen LogP contribution in [0.3, 0.4) is 0 Å². The predicted molar refractivity (Wildman–Crippen MR) is 188 cm³/mol. The number of fused-ring (bicyclic) bond motifs is 11. The summed E-state index contributed by atoms with van der Waals surface area (Å²) in [6, 6.07) is 57.8. The zero-order valence-corrected chi connectivity index (χ0v) is 23.9. The maximum atomic E-state index is 2.44. The lowest BCUT2D eigenvalue weighted by Crippen LogP contribution is -1.96. The minimum absolute atomic E-state index is 1.18. The lowest BCUT2D eigenvalue weighted by Gasteiger charge is -2.13. The van der Waals surface area contributed by atoms with E-state index >= 15 is 0 Å². The number of para-hydroxylation sites is 2. The molecule has 0 saturated carbocycles. The van der Waals surface area contributed by atoms with Gasteiger partial charge in [0.25, 0.3) is 0 Å². The second-order valence-electron chi connectivity index (χ2n) is 11.8. The van der Waals surface area contributed by atoms with E-state index in [0.717, 1.165) is 0 Å². The van der Waals surface area contributed by atoms with Crippen molar-refractivity contribution in [3.63, 3.8) is 0 Å². The first-order valence-corrected chi connectivity index (χ1v) is 15.2. The van der Waals surface area contributed by atoms with E-state index in [9.17, 15) is 0 Å². The molecule has 44 heavy (non-hydrogen) atoms. The Kier molecular flexibility index (Phi) is 4.75. The molecule has 10 aromatic rings. The fraction of sp³-hybridized carbons (Fsp3) is 0. The van der Waals surface area contributed by atoms with Crippen molar-refractivity contribution < 1.29 is 0 Å². The number of rotatable bonds is 2. The molecule has 0 saturated heterocycles. The Hall–Kier alpha value is -5.86. The molecule has 0 bridgehead atoms. The summed E-state index contributed by atoms with van der Waals surface area (Å²) in [6.45, 7) is 0. The molecule has 2 nitrogen and oxygen atoms in total. The first-order chi connectivity index (χ1) is 21.8. The molecular formula is C42H26N2. The van der Waals surface area contributed by atoms with Gasteiger partial charge in [-0.05, 0) is 57.9 Å². The molecule has 10 rings (SSSR count). The Bertz CT molecular complexity index is 2580. The van der Waals surface area contributed by atoms with Crippen LogP contribution >= 0.6 is 0 Å². The van der Waals surface area contributed by atoms with Crippen LogP contribution < -0.4 is 0 Å². The minimum Gasteiger partial charge on any atom is -0.309 e. The van der Waals surface area contributed by atoms with Crippen LogP contribution in [0.4, 0.5) is 0 Å². The summed E-state index contributed by atoms with van der Waals surface area (Å²) in [5.41, 5.74) is 7.33. The number of aromatic nitrogens is 2. The topological polar surface area (TPSA) is 9.86 Å². The highest BCUT2D eigenvalue weighted by Gasteiger charge is 2.17. The Morgan fingerprint density at radius 1 is 0.273 bits per heavy atom. The molecule has 2 heteroatoms. The first kappa shape index (κ1) is 23.7. The monoisotopic (exact) mass is 558 g/mol. The fourth-order valence-electron chi connectivity index (χ4n) is 7.50. The van der Waals surface area contributed by atoms with Gasteiger partial charge in [0.15, 0.2) is 0 Å². The van der Waals surface area contributed by atoms with Crippen molar-refractivity contribution in [2.45, 2.75) is 0 Å². The van der Waals surface area contributed by atoms with E-state index in [1.807, 2.05) is 0 Å². The third-order valence-electron chi connectivity index (χ3n) is 9.44. The standard InChI is InChI=1S/C42H26N2/c1-3-11-33-27(9-1)19-23-37-35-13-5-7-15-39(35)43(41(33)37)31-21-17-30-26-32(22-18-29(30)25-31)44-40-16-8-6-14-36(40)38-24-20-28-10-2-4-12-34(28)42(38)44/h1-26H. The zero-order chi connectivity index (χ0) is 28.8. The molecule has 0 amide bonds. The molecule has 0 fully saturated rings. The Labute approximate surface area is 253 Å². The first-order valence-electron chi connectivity index (χ1n) is 15.2. The van der Waals surface area contributed by atoms with Crippen LogP contribution in [-0.4, -0.2) is 9.13 Å². The summed E-state index contributed by atoms with van der Waals surface area (Å²) in [4.78, 5) is 0. The van der Waals surface area contributed by atoms with Gasteiger partial charge in [-0.15, -0.1) is 0 Å². The number of nitrogens with zero attached hydrogens (tertiary/aromatic N) is 2. The quantitative estimate of drug-likeness (QED) is 0.200. The number of hydrogen-bond acceptors (Lipinski definition) is 0. The second kappa shape index (κ2) is 8.82. The largest absolute Gasteiger partial charge is 0.309 e. The van der Waals surface area contributed by atoms with Gasteiger partial charge in [0.2, 0.25) is 0 Å². The van der Waals surface area contributed by atoms with E-state index in [1.165, 1.54) is 87.3 Å². The van der Waals surface area contributed by atoms with Crippen LogP contribution in [0.25, 0.3) is 87.3 Å².